The highest BCUT2D eigenvalue weighted by molar-refractivity contribution is 7.13. The number of morpholine rings is 1. The van der Waals surface area contributed by atoms with Gasteiger partial charge in [-0.15, -0.1) is 11.3 Å². The summed E-state index contributed by atoms with van der Waals surface area (Å²) in [5.41, 5.74) is 6.89. The third-order valence-corrected chi connectivity index (χ3v) is 5.31. The molecule has 4 atom stereocenters. The molecule has 0 aromatic carbocycles. The first-order chi connectivity index (χ1) is 11.0. The van der Waals surface area contributed by atoms with Crippen LogP contribution in [0.5, 0.6) is 0 Å². The Morgan fingerprint density at radius 3 is 2.83 bits per heavy atom. The Kier molecular flexibility index (Phi) is 5.31. The number of aromatic nitrogens is 1. The minimum atomic E-state index is 0.0401. The van der Waals surface area contributed by atoms with Gasteiger partial charge >= 0.3 is 0 Å². The van der Waals surface area contributed by atoms with Crippen molar-refractivity contribution in [2.24, 2.45) is 11.7 Å². The van der Waals surface area contributed by atoms with Gasteiger partial charge in [-0.1, -0.05) is 0 Å². The number of nitrogens with two attached hydrogens (primary N) is 1. The lowest BCUT2D eigenvalue weighted by molar-refractivity contribution is -0.119. The van der Waals surface area contributed by atoms with Crippen molar-refractivity contribution in [1.82, 2.24) is 9.88 Å². The van der Waals surface area contributed by atoms with Crippen LogP contribution in [0.2, 0.25) is 0 Å². The van der Waals surface area contributed by atoms with E-state index in [1.165, 1.54) is 11.3 Å². The molecule has 1 aliphatic heterocycles. The molecule has 2 fully saturated rings. The minimum Gasteiger partial charge on any atom is -0.373 e. The van der Waals surface area contributed by atoms with Crippen LogP contribution in [0.4, 0.5) is 5.13 Å². The fraction of sp³-hybridized carbons (Fsp3) is 0.750. The van der Waals surface area contributed by atoms with E-state index in [0.29, 0.717) is 5.13 Å². The standard InChI is InChI=1S/C16H26N4O2S/c1-10-6-20(7-11(2)22-10)8-14-9-23-16(18-14)19-15(21)12-3-4-13(17)5-12/h9-13H,3-8,17H2,1-2H3,(H,18,19,21). The van der Waals surface area contributed by atoms with Gasteiger partial charge in [0.1, 0.15) is 0 Å². The highest BCUT2D eigenvalue weighted by atomic mass is 32.1. The number of anilines is 1. The quantitative estimate of drug-likeness (QED) is 0.875. The second-order valence-electron chi connectivity index (χ2n) is 6.85. The molecule has 4 unspecified atom stereocenters. The molecule has 0 bridgehead atoms. The first-order valence-electron chi connectivity index (χ1n) is 8.38. The lowest BCUT2D eigenvalue weighted by Crippen LogP contribution is -2.44. The van der Waals surface area contributed by atoms with Gasteiger partial charge in [-0.05, 0) is 33.1 Å². The maximum Gasteiger partial charge on any atom is 0.229 e. The van der Waals surface area contributed by atoms with E-state index in [4.69, 9.17) is 10.5 Å². The van der Waals surface area contributed by atoms with E-state index in [9.17, 15) is 4.79 Å². The average molecular weight is 338 g/mol. The third-order valence-electron chi connectivity index (χ3n) is 4.51. The van der Waals surface area contributed by atoms with Crippen LogP contribution in [-0.2, 0) is 16.1 Å². The number of carbonyl (C=O) groups is 1. The van der Waals surface area contributed by atoms with E-state index in [-0.39, 0.29) is 30.1 Å². The molecule has 128 valence electrons. The number of nitrogens with zero attached hydrogens (tertiary/aromatic N) is 2. The first kappa shape index (κ1) is 16.8. The number of rotatable bonds is 4. The summed E-state index contributed by atoms with van der Waals surface area (Å²) < 4.78 is 5.75. The molecule has 3 rings (SSSR count). The largest absolute Gasteiger partial charge is 0.373 e. The van der Waals surface area contributed by atoms with Gasteiger partial charge in [0.05, 0.1) is 17.9 Å². The van der Waals surface area contributed by atoms with Crippen LogP contribution in [0.1, 0.15) is 38.8 Å². The number of hydrogen-bond donors (Lipinski definition) is 2. The number of thiazole rings is 1. The first-order valence-corrected chi connectivity index (χ1v) is 9.26. The van der Waals surface area contributed by atoms with E-state index < -0.39 is 0 Å². The van der Waals surface area contributed by atoms with Crippen molar-refractivity contribution in [3.8, 4) is 0 Å². The average Bonchev–Trinajstić information content (AvgIpc) is 3.07. The van der Waals surface area contributed by atoms with Crippen molar-refractivity contribution in [3.63, 3.8) is 0 Å². The highest BCUT2D eigenvalue weighted by Crippen LogP contribution is 2.26. The van der Waals surface area contributed by atoms with Crippen LogP contribution >= 0.6 is 11.3 Å². The fourth-order valence-electron chi connectivity index (χ4n) is 3.54. The van der Waals surface area contributed by atoms with Crippen molar-refractivity contribution < 1.29 is 9.53 Å². The van der Waals surface area contributed by atoms with Crippen LogP contribution in [0.15, 0.2) is 5.38 Å². The Morgan fingerprint density at radius 2 is 2.17 bits per heavy atom. The van der Waals surface area contributed by atoms with Crippen LogP contribution in [0, 0.1) is 5.92 Å². The summed E-state index contributed by atoms with van der Waals surface area (Å²) in [4.78, 5) is 19.1. The van der Waals surface area contributed by atoms with Gasteiger partial charge in [0.15, 0.2) is 5.13 Å². The summed E-state index contributed by atoms with van der Waals surface area (Å²) in [6, 6.07) is 0.169. The molecule has 1 saturated heterocycles. The van der Waals surface area contributed by atoms with Gasteiger partial charge in [0.2, 0.25) is 5.91 Å². The van der Waals surface area contributed by atoms with E-state index in [1.807, 2.05) is 5.38 Å². The van der Waals surface area contributed by atoms with Gasteiger partial charge < -0.3 is 15.8 Å². The van der Waals surface area contributed by atoms with Gasteiger partial charge in [0, 0.05) is 37.0 Å². The van der Waals surface area contributed by atoms with Crippen molar-refractivity contribution in [3.05, 3.63) is 11.1 Å². The minimum absolute atomic E-state index is 0.0401. The van der Waals surface area contributed by atoms with Crippen LogP contribution < -0.4 is 11.1 Å². The zero-order valence-corrected chi connectivity index (χ0v) is 14.6. The number of hydrogen-bond acceptors (Lipinski definition) is 6. The molecule has 2 heterocycles. The second kappa shape index (κ2) is 7.25. The monoisotopic (exact) mass is 338 g/mol. The van der Waals surface area contributed by atoms with Gasteiger partial charge in [-0.25, -0.2) is 4.98 Å². The Hall–Kier alpha value is -1.02. The van der Waals surface area contributed by atoms with Crippen molar-refractivity contribution in [2.45, 2.75) is 57.9 Å². The number of nitrogens with one attached hydrogen (secondary N) is 1. The Morgan fingerprint density at radius 1 is 1.43 bits per heavy atom. The van der Waals surface area contributed by atoms with Crippen molar-refractivity contribution in [1.29, 1.82) is 0 Å². The molecule has 23 heavy (non-hydrogen) atoms. The molecular weight excluding hydrogens is 312 g/mol. The van der Waals surface area contributed by atoms with Gasteiger partial charge in [-0.3, -0.25) is 9.69 Å². The molecule has 6 nitrogen and oxygen atoms in total. The zero-order chi connectivity index (χ0) is 16.4. The number of amides is 1. The van der Waals surface area contributed by atoms with Crippen molar-refractivity contribution >= 4 is 22.4 Å². The lowest BCUT2D eigenvalue weighted by atomic mass is 10.1. The summed E-state index contributed by atoms with van der Waals surface area (Å²) in [7, 11) is 0. The van der Waals surface area contributed by atoms with E-state index >= 15 is 0 Å². The number of ether oxygens (including phenoxy) is 1. The molecule has 3 N–H and O–H groups in total. The molecule has 1 aliphatic carbocycles. The molecule has 0 spiro atoms. The Labute approximate surface area is 141 Å². The smallest absolute Gasteiger partial charge is 0.229 e. The fourth-order valence-corrected chi connectivity index (χ4v) is 4.25. The molecule has 2 aliphatic rings. The highest BCUT2D eigenvalue weighted by Gasteiger charge is 2.28. The van der Waals surface area contributed by atoms with Gasteiger partial charge in [-0.2, -0.15) is 0 Å². The van der Waals surface area contributed by atoms with Crippen LogP contribution in [0.25, 0.3) is 0 Å². The summed E-state index contributed by atoms with van der Waals surface area (Å²) in [5, 5.41) is 5.67. The molecule has 1 saturated carbocycles. The molecule has 1 amide bonds. The van der Waals surface area contributed by atoms with E-state index in [2.05, 4.69) is 29.0 Å². The normalized spacial score (nSPS) is 32.1. The summed E-state index contributed by atoms with van der Waals surface area (Å²) in [6.45, 7) is 6.84. The van der Waals surface area contributed by atoms with Crippen LogP contribution in [-0.4, -0.2) is 47.1 Å². The second-order valence-corrected chi connectivity index (χ2v) is 7.71. The zero-order valence-electron chi connectivity index (χ0n) is 13.8. The SMILES string of the molecule is CC1CN(Cc2csc(NC(=O)C3CCC(N)C3)n2)CC(C)O1. The summed E-state index contributed by atoms with van der Waals surface area (Å²) in [6.07, 6.45) is 3.11. The molecule has 0 radical (unpaired) electrons. The lowest BCUT2D eigenvalue weighted by Gasteiger charge is -2.34. The molecule has 1 aromatic heterocycles. The maximum absolute atomic E-state index is 12.2. The third kappa shape index (κ3) is 4.50. The molecule has 1 aromatic rings. The maximum atomic E-state index is 12.2. The summed E-state index contributed by atoms with van der Waals surface area (Å²) in [5.74, 6) is 0.103. The van der Waals surface area contributed by atoms with Crippen LogP contribution in [0.3, 0.4) is 0 Å². The van der Waals surface area contributed by atoms with Gasteiger partial charge in [0.25, 0.3) is 0 Å². The summed E-state index contributed by atoms with van der Waals surface area (Å²) >= 11 is 1.50. The molecule has 7 heteroatoms. The predicted molar refractivity (Wildman–Crippen MR) is 91.3 cm³/mol. The Bertz CT molecular complexity index is 540. The molecular formula is C16H26N4O2S. The number of carbonyl (C=O) groups excluding carboxylic acids is 1. The van der Waals surface area contributed by atoms with E-state index in [0.717, 1.165) is 44.6 Å². The predicted octanol–water partition coefficient (Wildman–Crippen LogP) is 1.82. The van der Waals surface area contributed by atoms with Crippen molar-refractivity contribution in [2.75, 3.05) is 18.4 Å². The Balaban J connectivity index is 1.52. The topological polar surface area (TPSA) is 80.5 Å². The van der Waals surface area contributed by atoms with E-state index in [1.54, 1.807) is 0 Å².